The maximum absolute atomic E-state index is 13.3. The first kappa shape index (κ1) is 15.3. The highest BCUT2D eigenvalue weighted by molar-refractivity contribution is 5.93. The van der Waals surface area contributed by atoms with Gasteiger partial charge in [-0.15, -0.1) is 0 Å². The van der Waals surface area contributed by atoms with Gasteiger partial charge in [0, 0.05) is 19.3 Å². The van der Waals surface area contributed by atoms with Crippen LogP contribution in [-0.4, -0.2) is 28.9 Å². The Balaban J connectivity index is 1.62. The fraction of sp³-hybridized carbons (Fsp3) is 0.333. The Morgan fingerprint density at radius 1 is 1.48 bits per heavy atom. The summed E-state index contributed by atoms with van der Waals surface area (Å²) in [5, 5.41) is 8.82. The second-order valence-electron chi connectivity index (χ2n) is 6.11. The van der Waals surface area contributed by atoms with Crippen molar-refractivity contribution >= 4 is 5.91 Å². The number of rotatable bonds is 3. The van der Waals surface area contributed by atoms with E-state index in [4.69, 9.17) is 5.26 Å². The fourth-order valence-corrected chi connectivity index (χ4v) is 3.10. The van der Waals surface area contributed by atoms with Gasteiger partial charge < -0.3 is 9.88 Å². The lowest BCUT2D eigenvalue weighted by molar-refractivity contribution is 0.0782. The van der Waals surface area contributed by atoms with Crippen molar-refractivity contribution in [2.45, 2.75) is 19.8 Å². The van der Waals surface area contributed by atoms with Crippen LogP contribution in [0.2, 0.25) is 0 Å². The third-order valence-corrected chi connectivity index (χ3v) is 4.36. The summed E-state index contributed by atoms with van der Waals surface area (Å²) in [5.74, 6) is 0.135. The van der Waals surface area contributed by atoms with Crippen LogP contribution >= 0.6 is 0 Å². The van der Waals surface area contributed by atoms with Gasteiger partial charge in [0.05, 0.1) is 5.56 Å². The maximum atomic E-state index is 13.3. The van der Waals surface area contributed by atoms with Gasteiger partial charge in [0.1, 0.15) is 17.6 Å². The third kappa shape index (κ3) is 3.26. The van der Waals surface area contributed by atoms with Crippen LogP contribution < -0.4 is 0 Å². The molecule has 1 aromatic carbocycles. The van der Waals surface area contributed by atoms with Crippen LogP contribution in [0.3, 0.4) is 0 Å². The summed E-state index contributed by atoms with van der Waals surface area (Å²) in [5.41, 5.74) is 2.68. The van der Waals surface area contributed by atoms with E-state index < -0.39 is 0 Å². The van der Waals surface area contributed by atoms with Gasteiger partial charge in [-0.25, -0.2) is 4.39 Å². The lowest BCUT2D eigenvalue weighted by Gasteiger charge is -2.16. The average molecular weight is 311 g/mol. The van der Waals surface area contributed by atoms with Crippen LogP contribution in [0.4, 0.5) is 4.39 Å². The number of benzene rings is 1. The summed E-state index contributed by atoms with van der Waals surface area (Å²) in [6, 6.07) is 8.79. The highest BCUT2D eigenvalue weighted by Crippen LogP contribution is 2.23. The summed E-state index contributed by atoms with van der Waals surface area (Å²) in [6.07, 6.45) is 3.33. The van der Waals surface area contributed by atoms with Gasteiger partial charge in [-0.2, -0.15) is 5.26 Å². The molecule has 0 radical (unpaired) electrons. The summed E-state index contributed by atoms with van der Waals surface area (Å²) < 4.78 is 13.3. The van der Waals surface area contributed by atoms with Gasteiger partial charge in [0.15, 0.2) is 0 Å². The van der Waals surface area contributed by atoms with Crippen molar-refractivity contribution in [3.63, 3.8) is 0 Å². The number of aromatic nitrogens is 1. The van der Waals surface area contributed by atoms with Crippen molar-refractivity contribution in [2.24, 2.45) is 5.92 Å². The van der Waals surface area contributed by atoms with Gasteiger partial charge >= 0.3 is 0 Å². The molecule has 1 unspecified atom stereocenters. The first-order valence-corrected chi connectivity index (χ1v) is 7.69. The Morgan fingerprint density at radius 3 is 3.00 bits per heavy atom. The molecule has 2 aromatic rings. The number of halogens is 1. The van der Waals surface area contributed by atoms with Gasteiger partial charge in [-0.3, -0.25) is 4.79 Å². The first-order chi connectivity index (χ1) is 11.1. The normalized spacial score (nSPS) is 17.3. The molecule has 2 heterocycles. The number of nitrogens with one attached hydrogen (secondary N) is 1. The SMILES string of the molecule is Cc1cc(CC2CCN(C(=O)c3cc(C#N)c[nH]3)C2)ccc1F. The number of nitriles is 1. The average Bonchev–Trinajstić information content (AvgIpc) is 3.19. The Kier molecular flexibility index (Phi) is 4.16. The molecule has 1 saturated heterocycles. The van der Waals surface area contributed by atoms with Crippen molar-refractivity contribution < 1.29 is 9.18 Å². The Hall–Kier alpha value is -2.61. The topological polar surface area (TPSA) is 59.9 Å². The molecule has 1 aromatic heterocycles. The van der Waals surface area contributed by atoms with Crippen molar-refractivity contribution in [1.82, 2.24) is 9.88 Å². The molecule has 1 fully saturated rings. The minimum atomic E-state index is -0.183. The Morgan fingerprint density at radius 2 is 2.30 bits per heavy atom. The number of hydrogen-bond acceptors (Lipinski definition) is 2. The molecule has 0 bridgehead atoms. The minimum absolute atomic E-state index is 0.0655. The molecule has 0 aliphatic carbocycles. The third-order valence-electron chi connectivity index (χ3n) is 4.36. The molecule has 23 heavy (non-hydrogen) atoms. The van der Waals surface area contributed by atoms with Crippen molar-refractivity contribution in [3.8, 4) is 6.07 Å². The van der Waals surface area contributed by atoms with Crippen molar-refractivity contribution in [3.05, 3.63) is 58.7 Å². The number of aryl methyl sites for hydroxylation is 1. The minimum Gasteiger partial charge on any atom is -0.356 e. The molecule has 5 heteroatoms. The number of nitrogens with zero attached hydrogens (tertiary/aromatic N) is 2. The van der Waals surface area contributed by atoms with Crippen LogP contribution in [-0.2, 0) is 6.42 Å². The molecule has 0 spiro atoms. The Labute approximate surface area is 134 Å². The van der Waals surface area contributed by atoms with Crippen LogP contribution in [0.15, 0.2) is 30.5 Å². The van der Waals surface area contributed by atoms with Crippen LogP contribution in [0.5, 0.6) is 0 Å². The van der Waals surface area contributed by atoms with Gasteiger partial charge in [-0.1, -0.05) is 12.1 Å². The summed E-state index contributed by atoms with van der Waals surface area (Å²) in [6.45, 7) is 3.17. The van der Waals surface area contributed by atoms with E-state index in [1.54, 1.807) is 19.2 Å². The quantitative estimate of drug-likeness (QED) is 0.947. The van der Waals surface area contributed by atoms with E-state index in [0.29, 0.717) is 35.8 Å². The largest absolute Gasteiger partial charge is 0.356 e. The number of hydrogen-bond donors (Lipinski definition) is 1. The molecule has 1 N–H and O–H groups in total. The van der Waals surface area contributed by atoms with Crippen LogP contribution in [0.1, 0.15) is 33.6 Å². The fourth-order valence-electron chi connectivity index (χ4n) is 3.10. The number of likely N-dealkylation sites (tertiary alicyclic amines) is 1. The molecule has 1 atom stereocenters. The monoisotopic (exact) mass is 311 g/mol. The molecule has 0 saturated carbocycles. The van der Waals surface area contributed by atoms with Gasteiger partial charge in [0.25, 0.3) is 5.91 Å². The lowest BCUT2D eigenvalue weighted by atomic mass is 9.97. The smallest absolute Gasteiger partial charge is 0.270 e. The summed E-state index contributed by atoms with van der Waals surface area (Å²) in [7, 11) is 0. The first-order valence-electron chi connectivity index (χ1n) is 7.69. The van der Waals surface area contributed by atoms with E-state index >= 15 is 0 Å². The number of carbonyl (C=O) groups excluding carboxylic acids is 1. The van der Waals surface area contributed by atoms with Crippen LogP contribution in [0, 0.1) is 30.0 Å². The van der Waals surface area contributed by atoms with Crippen molar-refractivity contribution in [1.29, 1.82) is 5.26 Å². The van der Waals surface area contributed by atoms with Gasteiger partial charge in [-0.05, 0) is 48.9 Å². The second kappa shape index (κ2) is 6.25. The van der Waals surface area contributed by atoms with E-state index in [2.05, 4.69) is 4.98 Å². The molecule has 1 aliphatic rings. The molecule has 1 aliphatic heterocycles. The van der Waals surface area contributed by atoms with Gasteiger partial charge in [0.2, 0.25) is 0 Å². The molecule has 4 nitrogen and oxygen atoms in total. The molecular weight excluding hydrogens is 293 g/mol. The maximum Gasteiger partial charge on any atom is 0.270 e. The predicted molar refractivity (Wildman–Crippen MR) is 84.4 cm³/mol. The van der Waals surface area contributed by atoms with Crippen LogP contribution in [0.25, 0.3) is 0 Å². The van der Waals surface area contributed by atoms with Crippen molar-refractivity contribution in [2.75, 3.05) is 13.1 Å². The lowest BCUT2D eigenvalue weighted by Crippen LogP contribution is -2.29. The standard InChI is InChI=1S/C18H18FN3O/c1-12-6-13(2-3-16(12)19)7-14-4-5-22(11-14)18(23)17-8-15(9-20)10-21-17/h2-3,6,8,10,14,21H,4-5,7,11H2,1H3. The highest BCUT2D eigenvalue weighted by Gasteiger charge is 2.27. The Bertz CT molecular complexity index is 775. The molecular formula is C18H18FN3O. The summed E-state index contributed by atoms with van der Waals surface area (Å²) in [4.78, 5) is 17.1. The number of amides is 1. The highest BCUT2D eigenvalue weighted by atomic mass is 19.1. The van der Waals surface area contributed by atoms with E-state index in [0.717, 1.165) is 18.4 Å². The number of carbonyl (C=O) groups is 1. The van der Waals surface area contributed by atoms with E-state index in [1.807, 2.05) is 23.1 Å². The van der Waals surface area contributed by atoms with E-state index in [1.165, 1.54) is 6.07 Å². The van der Waals surface area contributed by atoms with E-state index in [9.17, 15) is 9.18 Å². The second-order valence-corrected chi connectivity index (χ2v) is 6.11. The summed E-state index contributed by atoms with van der Waals surface area (Å²) >= 11 is 0. The zero-order valence-corrected chi connectivity index (χ0v) is 13.0. The molecule has 3 rings (SSSR count). The van der Waals surface area contributed by atoms with E-state index in [-0.39, 0.29) is 11.7 Å². The molecule has 1 amide bonds. The number of aromatic amines is 1. The number of H-pyrrole nitrogens is 1. The zero-order valence-electron chi connectivity index (χ0n) is 13.0. The predicted octanol–water partition coefficient (Wildman–Crippen LogP) is 3.04. The zero-order chi connectivity index (χ0) is 16.4. The molecule has 118 valence electrons.